The predicted molar refractivity (Wildman–Crippen MR) is 89.3 cm³/mol. The average molecular weight is 333 g/mol. The van der Waals surface area contributed by atoms with Gasteiger partial charge >= 0.3 is 11.9 Å². The Morgan fingerprint density at radius 3 is 2.42 bits per heavy atom. The van der Waals surface area contributed by atoms with Crippen LogP contribution in [0.25, 0.3) is 0 Å². The predicted octanol–water partition coefficient (Wildman–Crippen LogP) is 1.67. The Bertz CT molecular complexity index is 605. The Labute approximate surface area is 142 Å². The Morgan fingerprint density at radius 1 is 1.17 bits per heavy atom. The molecule has 0 atom stereocenters. The maximum Gasteiger partial charge on any atom is 0.384 e. The van der Waals surface area contributed by atoms with Gasteiger partial charge in [-0.05, 0) is 38.5 Å². The van der Waals surface area contributed by atoms with Gasteiger partial charge in [0.2, 0.25) is 0 Å². The second-order valence-corrected chi connectivity index (χ2v) is 5.92. The molecule has 0 fully saturated rings. The maximum atomic E-state index is 11.5. The lowest BCUT2D eigenvalue weighted by atomic mass is 10.2. The third-order valence-electron chi connectivity index (χ3n) is 2.62. The number of hydrogen-bond acceptors (Lipinski definition) is 6. The van der Waals surface area contributed by atoms with Crippen molar-refractivity contribution >= 4 is 11.9 Å². The molecular weight excluding hydrogens is 310 g/mol. The van der Waals surface area contributed by atoms with E-state index in [1.165, 1.54) is 0 Å². The number of carbonyl (C=O) groups is 2. The van der Waals surface area contributed by atoms with Crippen LogP contribution in [-0.2, 0) is 25.7 Å². The molecule has 1 N–H and O–H groups in total. The van der Waals surface area contributed by atoms with Gasteiger partial charge in [-0.3, -0.25) is 10.1 Å². The van der Waals surface area contributed by atoms with E-state index in [1.54, 1.807) is 40.0 Å². The highest BCUT2D eigenvalue weighted by molar-refractivity contribution is 5.88. The third-order valence-corrected chi connectivity index (χ3v) is 2.62. The summed E-state index contributed by atoms with van der Waals surface area (Å²) in [7, 11) is 1.58. The molecule has 0 amide bonds. The van der Waals surface area contributed by atoms with E-state index in [4.69, 9.17) is 14.2 Å². The summed E-state index contributed by atoms with van der Waals surface area (Å²) in [4.78, 5) is 22.9. The van der Waals surface area contributed by atoms with Crippen LogP contribution in [0.15, 0.2) is 24.3 Å². The molecule has 0 saturated carbocycles. The zero-order valence-corrected chi connectivity index (χ0v) is 14.5. The van der Waals surface area contributed by atoms with E-state index >= 15 is 0 Å². The maximum absolute atomic E-state index is 11.5. The first-order chi connectivity index (χ1) is 11.3. The molecule has 1 rings (SSSR count). The minimum Gasteiger partial charge on any atom is -0.497 e. The van der Waals surface area contributed by atoms with Crippen LogP contribution < -0.4 is 10.1 Å². The van der Waals surface area contributed by atoms with Crippen LogP contribution in [0.5, 0.6) is 5.75 Å². The molecule has 0 aliphatic carbocycles. The zero-order chi connectivity index (χ0) is 18.0. The summed E-state index contributed by atoms with van der Waals surface area (Å²) >= 11 is 0. The molecule has 0 saturated heterocycles. The molecule has 24 heavy (non-hydrogen) atoms. The van der Waals surface area contributed by atoms with E-state index in [2.05, 4.69) is 17.2 Å². The van der Waals surface area contributed by atoms with Crippen molar-refractivity contribution in [2.45, 2.75) is 33.0 Å². The van der Waals surface area contributed by atoms with Gasteiger partial charge in [0.15, 0.2) is 0 Å². The first kappa shape index (κ1) is 19.5. The van der Waals surface area contributed by atoms with Gasteiger partial charge in [-0.25, -0.2) is 4.79 Å². The molecule has 6 heteroatoms. The summed E-state index contributed by atoms with van der Waals surface area (Å²) in [6, 6.07) is 7.19. The number of rotatable bonds is 6. The van der Waals surface area contributed by atoms with E-state index in [-0.39, 0.29) is 25.7 Å². The number of nitrogens with one attached hydrogen (secondary N) is 1. The van der Waals surface area contributed by atoms with E-state index in [9.17, 15) is 9.59 Å². The third kappa shape index (κ3) is 8.81. The summed E-state index contributed by atoms with van der Waals surface area (Å²) in [6.45, 7) is 5.75. The normalized spacial score (nSPS) is 10.3. The summed E-state index contributed by atoms with van der Waals surface area (Å²) < 4.78 is 15.2. The van der Waals surface area contributed by atoms with Gasteiger partial charge in [-0.2, -0.15) is 0 Å². The van der Waals surface area contributed by atoms with E-state index in [1.807, 2.05) is 12.1 Å². The minimum absolute atomic E-state index is 0.0346. The Kier molecular flexibility index (Phi) is 7.80. The van der Waals surface area contributed by atoms with Crippen LogP contribution in [-0.4, -0.2) is 37.7 Å². The number of esters is 2. The highest BCUT2D eigenvalue weighted by atomic mass is 16.6. The number of benzene rings is 1. The van der Waals surface area contributed by atoms with Crippen LogP contribution in [0.1, 0.15) is 26.3 Å². The molecule has 0 unspecified atom stereocenters. The molecule has 0 radical (unpaired) electrons. The summed E-state index contributed by atoms with van der Waals surface area (Å²) in [6.07, 6.45) is 0. The van der Waals surface area contributed by atoms with Crippen molar-refractivity contribution in [3.8, 4) is 17.6 Å². The van der Waals surface area contributed by atoms with Gasteiger partial charge in [0, 0.05) is 5.92 Å². The summed E-state index contributed by atoms with van der Waals surface area (Å²) in [5.74, 6) is 4.69. The van der Waals surface area contributed by atoms with Crippen molar-refractivity contribution in [3.05, 3.63) is 29.8 Å². The minimum atomic E-state index is -0.620. The number of methoxy groups -OCH3 is 1. The lowest BCUT2D eigenvalue weighted by molar-refractivity contribution is -0.153. The molecule has 130 valence electrons. The smallest absolute Gasteiger partial charge is 0.384 e. The zero-order valence-electron chi connectivity index (χ0n) is 14.5. The van der Waals surface area contributed by atoms with Crippen molar-refractivity contribution in [3.63, 3.8) is 0 Å². The van der Waals surface area contributed by atoms with Crippen molar-refractivity contribution in [1.29, 1.82) is 0 Å². The largest absolute Gasteiger partial charge is 0.497 e. The van der Waals surface area contributed by atoms with E-state index < -0.39 is 11.6 Å². The molecule has 1 aromatic carbocycles. The Balaban J connectivity index is 2.23. The van der Waals surface area contributed by atoms with E-state index in [0.717, 1.165) is 11.3 Å². The fourth-order valence-corrected chi connectivity index (χ4v) is 1.63. The van der Waals surface area contributed by atoms with Gasteiger partial charge in [-0.1, -0.05) is 18.1 Å². The quantitative estimate of drug-likeness (QED) is 0.369. The fraction of sp³-hybridized carbons (Fsp3) is 0.444. The standard InChI is InChI=1S/C18H23NO5/c1-18(2,3)24-17(21)12-19-11-5-6-16(20)23-13-14-7-9-15(22-4)10-8-14/h7-10,19H,11-13H2,1-4H3. The molecule has 0 bridgehead atoms. The number of ether oxygens (including phenoxy) is 3. The monoisotopic (exact) mass is 333 g/mol. The number of hydrogen-bond donors (Lipinski definition) is 1. The second kappa shape index (κ2) is 9.58. The van der Waals surface area contributed by atoms with Crippen molar-refractivity contribution < 1.29 is 23.8 Å². The molecule has 0 aliphatic heterocycles. The van der Waals surface area contributed by atoms with Crippen molar-refractivity contribution in [1.82, 2.24) is 5.32 Å². The molecule has 0 spiro atoms. The number of carbonyl (C=O) groups excluding carboxylic acids is 2. The Morgan fingerprint density at radius 2 is 1.83 bits per heavy atom. The van der Waals surface area contributed by atoms with Crippen LogP contribution in [0, 0.1) is 11.8 Å². The van der Waals surface area contributed by atoms with Crippen LogP contribution in [0.4, 0.5) is 0 Å². The van der Waals surface area contributed by atoms with Crippen LogP contribution in [0.3, 0.4) is 0 Å². The molecule has 1 aromatic rings. The topological polar surface area (TPSA) is 73.9 Å². The average Bonchev–Trinajstić information content (AvgIpc) is 2.51. The molecule has 0 heterocycles. The highest BCUT2D eigenvalue weighted by Gasteiger charge is 2.15. The van der Waals surface area contributed by atoms with Gasteiger partial charge in [0.1, 0.15) is 18.0 Å². The molecule has 0 aromatic heterocycles. The molecule has 6 nitrogen and oxygen atoms in total. The van der Waals surface area contributed by atoms with Gasteiger partial charge in [0.25, 0.3) is 0 Å². The van der Waals surface area contributed by atoms with Gasteiger partial charge < -0.3 is 14.2 Å². The van der Waals surface area contributed by atoms with E-state index in [0.29, 0.717) is 0 Å². The Hall–Kier alpha value is -2.52. The van der Waals surface area contributed by atoms with Gasteiger partial charge in [0.05, 0.1) is 20.2 Å². The van der Waals surface area contributed by atoms with Crippen molar-refractivity contribution in [2.75, 3.05) is 20.2 Å². The molecule has 0 aliphatic rings. The molecular formula is C18H23NO5. The summed E-state index contributed by atoms with van der Waals surface area (Å²) in [5.41, 5.74) is 0.324. The van der Waals surface area contributed by atoms with Gasteiger partial charge in [-0.15, -0.1) is 0 Å². The lowest BCUT2D eigenvalue weighted by Gasteiger charge is -2.19. The van der Waals surface area contributed by atoms with Crippen LogP contribution >= 0.6 is 0 Å². The lowest BCUT2D eigenvalue weighted by Crippen LogP contribution is -2.31. The first-order valence-electron chi connectivity index (χ1n) is 7.51. The SMILES string of the molecule is COc1ccc(COC(=O)C#CCNCC(=O)OC(C)(C)C)cc1. The summed E-state index contributed by atoms with van der Waals surface area (Å²) in [5, 5.41) is 2.78. The first-order valence-corrected chi connectivity index (χ1v) is 7.51. The fourth-order valence-electron chi connectivity index (χ4n) is 1.63. The van der Waals surface area contributed by atoms with Crippen molar-refractivity contribution in [2.24, 2.45) is 0 Å². The second-order valence-electron chi connectivity index (χ2n) is 5.92. The van der Waals surface area contributed by atoms with Crippen LogP contribution in [0.2, 0.25) is 0 Å². The highest BCUT2D eigenvalue weighted by Crippen LogP contribution is 2.11.